The van der Waals surface area contributed by atoms with Crippen LogP contribution in [0.25, 0.3) is 0 Å². The molecule has 0 aliphatic carbocycles. The van der Waals surface area contributed by atoms with Crippen LogP contribution < -0.4 is 0 Å². The molecule has 0 unspecified atom stereocenters. The van der Waals surface area contributed by atoms with Gasteiger partial charge in [0.05, 0.1) is 10.0 Å². The molecule has 2 aromatic rings. The molecule has 0 radical (unpaired) electrons. The molecule has 0 heterocycles. The van der Waals surface area contributed by atoms with Crippen LogP contribution in [0.2, 0.25) is 10.0 Å². The highest BCUT2D eigenvalue weighted by atomic mass is 79.9. The molecule has 0 saturated heterocycles. The third kappa shape index (κ3) is 3.56. The molecule has 98 valence electrons. The van der Waals surface area contributed by atoms with E-state index in [9.17, 15) is 9.18 Å². The molecule has 0 spiro atoms. The number of rotatable bonds is 3. The Hall–Kier alpha value is -0.900. The maximum absolute atomic E-state index is 13.6. The van der Waals surface area contributed by atoms with E-state index in [0.29, 0.717) is 21.2 Å². The highest BCUT2D eigenvalue weighted by Crippen LogP contribution is 2.24. The molecule has 2 rings (SSSR count). The smallest absolute Gasteiger partial charge is 0.167 e. The first kappa shape index (κ1) is 14.5. The van der Waals surface area contributed by atoms with Crippen LogP contribution in [0.15, 0.2) is 40.9 Å². The third-order valence-electron chi connectivity index (χ3n) is 2.60. The molecule has 0 saturated carbocycles. The van der Waals surface area contributed by atoms with Crippen LogP contribution >= 0.6 is 39.1 Å². The van der Waals surface area contributed by atoms with Crippen LogP contribution in [0.4, 0.5) is 4.39 Å². The van der Waals surface area contributed by atoms with Gasteiger partial charge in [-0.15, -0.1) is 0 Å². The van der Waals surface area contributed by atoms with Crippen molar-refractivity contribution >= 4 is 44.9 Å². The van der Waals surface area contributed by atoms with Gasteiger partial charge in [0.25, 0.3) is 0 Å². The van der Waals surface area contributed by atoms with Crippen LogP contribution in [0.5, 0.6) is 0 Å². The molecule has 19 heavy (non-hydrogen) atoms. The number of halogens is 4. The van der Waals surface area contributed by atoms with E-state index in [1.54, 1.807) is 24.3 Å². The second-order valence-electron chi connectivity index (χ2n) is 3.96. The van der Waals surface area contributed by atoms with Crippen LogP contribution in [-0.4, -0.2) is 5.78 Å². The van der Waals surface area contributed by atoms with Crippen molar-refractivity contribution in [2.75, 3.05) is 0 Å². The molecule has 0 amide bonds. The minimum atomic E-state index is -0.406. The molecular formula is C14H8BrCl2FO. The Morgan fingerprint density at radius 1 is 1.11 bits per heavy atom. The number of Topliss-reactive ketones (excluding diaryl/α,β-unsaturated/α-hetero) is 1. The lowest BCUT2D eigenvalue weighted by atomic mass is 10.0. The van der Waals surface area contributed by atoms with Gasteiger partial charge in [0, 0.05) is 16.5 Å². The summed E-state index contributed by atoms with van der Waals surface area (Å²) in [7, 11) is 0. The Labute approximate surface area is 128 Å². The van der Waals surface area contributed by atoms with Crippen molar-refractivity contribution in [1.29, 1.82) is 0 Å². The summed E-state index contributed by atoms with van der Waals surface area (Å²) in [6.45, 7) is 0. The predicted octanol–water partition coefficient (Wildman–Crippen LogP) is 5.32. The summed E-state index contributed by atoms with van der Waals surface area (Å²) in [6.07, 6.45) is -0.0246. The van der Waals surface area contributed by atoms with Gasteiger partial charge in [-0.1, -0.05) is 39.1 Å². The fourth-order valence-corrected chi connectivity index (χ4v) is 2.33. The van der Waals surface area contributed by atoms with Gasteiger partial charge in [-0.3, -0.25) is 4.79 Å². The van der Waals surface area contributed by atoms with Gasteiger partial charge in [0.1, 0.15) is 5.82 Å². The molecule has 0 aromatic heterocycles. The minimum Gasteiger partial charge on any atom is -0.294 e. The molecule has 0 atom stereocenters. The average Bonchev–Trinajstić information content (AvgIpc) is 2.37. The van der Waals surface area contributed by atoms with E-state index in [1.165, 1.54) is 12.1 Å². The SMILES string of the molecule is O=C(Cc1cc(Br)ccc1F)c1ccc(Cl)c(Cl)c1. The van der Waals surface area contributed by atoms with Crippen molar-refractivity contribution in [3.63, 3.8) is 0 Å². The summed E-state index contributed by atoms with van der Waals surface area (Å²) >= 11 is 14.9. The summed E-state index contributed by atoms with van der Waals surface area (Å²) < 4.78 is 14.3. The fraction of sp³-hybridized carbons (Fsp3) is 0.0714. The monoisotopic (exact) mass is 360 g/mol. The Bertz CT molecular complexity index is 643. The van der Waals surface area contributed by atoms with Gasteiger partial charge < -0.3 is 0 Å². The van der Waals surface area contributed by atoms with Gasteiger partial charge in [-0.05, 0) is 42.0 Å². The van der Waals surface area contributed by atoms with Crippen LogP contribution in [0.1, 0.15) is 15.9 Å². The molecule has 0 aliphatic heterocycles. The number of hydrogen-bond acceptors (Lipinski definition) is 1. The highest BCUT2D eigenvalue weighted by Gasteiger charge is 2.12. The number of benzene rings is 2. The first-order chi connectivity index (χ1) is 8.97. The van der Waals surface area contributed by atoms with Gasteiger partial charge in [-0.2, -0.15) is 0 Å². The predicted molar refractivity (Wildman–Crippen MR) is 78.6 cm³/mol. The molecule has 0 fully saturated rings. The maximum atomic E-state index is 13.6. The van der Waals surface area contributed by atoms with Crippen molar-refractivity contribution in [2.45, 2.75) is 6.42 Å². The van der Waals surface area contributed by atoms with Crippen molar-refractivity contribution in [1.82, 2.24) is 0 Å². The number of hydrogen-bond donors (Lipinski definition) is 0. The molecule has 5 heteroatoms. The fourth-order valence-electron chi connectivity index (χ4n) is 1.62. The second-order valence-corrected chi connectivity index (χ2v) is 5.69. The zero-order valence-corrected chi connectivity index (χ0v) is 12.7. The average molecular weight is 362 g/mol. The molecular weight excluding hydrogens is 354 g/mol. The Balaban J connectivity index is 2.25. The number of ketones is 1. The van der Waals surface area contributed by atoms with Crippen LogP contribution in [-0.2, 0) is 6.42 Å². The number of carbonyl (C=O) groups excluding carboxylic acids is 1. The van der Waals surface area contributed by atoms with Crippen LogP contribution in [0, 0.1) is 5.82 Å². The third-order valence-corrected chi connectivity index (χ3v) is 3.83. The van der Waals surface area contributed by atoms with Crippen molar-refractivity contribution in [3.8, 4) is 0 Å². The second kappa shape index (κ2) is 6.04. The molecule has 0 N–H and O–H groups in total. The van der Waals surface area contributed by atoms with E-state index in [0.717, 1.165) is 4.47 Å². The van der Waals surface area contributed by atoms with Crippen LogP contribution in [0.3, 0.4) is 0 Å². The topological polar surface area (TPSA) is 17.1 Å². The van der Waals surface area contributed by atoms with Crippen molar-refractivity contribution in [3.05, 3.63) is 67.9 Å². The van der Waals surface area contributed by atoms with E-state index in [4.69, 9.17) is 23.2 Å². The lowest BCUT2D eigenvalue weighted by Crippen LogP contribution is -2.05. The van der Waals surface area contributed by atoms with Crippen molar-refractivity contribution in [2.24, 2.45) is 0 Å². The summed E-state index contributed by atoms with van der Waals surface area (Å²) in [5.41, 5.74) is 0.749. The normalized spacial score (nSPS) is 10.5. The zero-order valence-electron chi connectivity index (χ0n) is 9.59. The Morgan fingerprint density at radius 2 is 1.84 bits per heavy atom. The van der Waals surface area contributed by atoms with Crippen molar-refractivity contribution < 1.29 is 9.18 Å². The molecule has 2 aromatic carbocycles. The van der Waals surface area contributed by atoms with Gasteiger partial charge in [0.15, 0.2) is 5.78 Å². The summed E-state index contributed by atoms with van der Waals surface area (Å²) in [5, 5.41) is 0.689. The first-order valence-corrected chi connectivity index (χ1v) is 6.94. The summed E-state index contributed by atoms with van der Waals surface area (Å²) in [5.74, 6) is -0.618. The van der Waals surface area contributed by atoms with E-state index in [-0.39, 0.29) is 12.2 Å². The summed E-state index contributed by atoms with van der Waals surface area (Å²) in [4.78, 5) is 12.1. The zero-order chi connectivity index (χ0) is 14.0. The lowest BCUT2D eigenvalue weighted by Gasteiger charge is -2.05. The Morgan fingerprint density at radius 3 is 2.53 bits per heavy atom. The summed E-state index contributed by atoms with van der Waals surface area (Å²) in [6, 6.07) is 9.11. The van der Waals surface area contributed by atoms with Gasteiger partial charge >= 0.3 is 0 Å². The first-order valence-electron chi connectivity index (χ1n) is 5.39. The van der Waals surface area contributed by atoms with Gasteiger partial charge in [-0.25, -0.2) is 4.39 Å². The molecule has 0 bridgehead atoms. The quantitative estimate of drug-likeness (QED) is 0.676. The van der Waals surface area contributed by atoms with E-state index in [2.05, 4.69) is 15.9 Å². The molecule has 1 nitrogen and oxygen atoms in total. The minimum absolute atomic E-state index is 0.0246. The standard InChI is InChI=1S/C14H8BrCl2FO/c15-10-2-4-13(18)9(5-10)7-14(19)8-1-3-11(16)12(17)6-8/h1-6H,7H2. The highest BCUT2D eigenvalue weighted by molar-refractivity contribution is 9.10. The lowest BCUT2D eigenvalue weighted by molar-refractivity contribution is 0.0992. The Kier molecular flexibility index (Phi) is 4.61. The molecule has 0 aliphatic rings. The van der Waals surface area contributed by atoms with Gasteiger partial charge in [0.2, 0.25) is 0 Å². The van der Waals surface area contributed by atoms with E-state index >= 15 is 0 Å². The van der Waals surface area contributed by atoms with E-state index in [1.807, 2.05) is 0 Å². The maximum Gasteiger partial charge on any atom is 0.167 e. The number of carbonyl (C=O) groups is 1. The van der Waals surface area contributed by atoms with E-state index < -0.39 is 5.82 Å². The largest absolute Gasteiger partial charge is 0.294 e.